The Balaban J connectivity index is 1.88. The largest absolute Gasteiger partial charge is 0.360 e. The molecule has 1 saturated heterocycles. The molecule has 1 fully saturated rings. The standard InChI is InChI=1S/C23H31N5O4/c1-17-22(24-15-29)21(19-7-9-20(10-8-19)28(31)32)23(18(2)25-17)27(16-30)14-6-13-26-11-4-3-5-12-26/h7-10,15-16,21,25H,3-6,11-14H2,1-2H3,(H,24,29). The highest BCUT2D eigenvalue weighted by molar-refractivity contribution is 5.60. The number of dihydropyridines is 1. The fourth-order valence-electron chi connectivity index (χ4n) is 4.61. The summed E-state index contributed by atoms with van der Waals surface area (Å²) in [5.74, 6) is -0.428. The zero-order valence-corrected chi connectivity index (χ0v) is 18.7. The van der Waals surface area contributed by atoms with Crippen molar-refractivity contribution in [2.75, 3.05) is 26.2 Å². The van der Waals surface area contributed by atoms with Crippen LogP contribution in [0.5, 0.6) is 0 Å². The van der Waals surface area contributed by atoms with Crippen LogP contribution in [0, 0.1) is 10.1 Å². The van der Waals surface area contributed by atoms with Gasteiger partial charge in [-0.1, -0.05) is 18.6 Å². The number of nitro groups is 1. The SMILES string of the molecule is CC1=C(NC=O)C(c2ccc([N+](=O)[O-])cc2)C(N(C=O)CCCN2CCCCC2)=C(C)N1. The maximum Gasteiger partial charge on any atom is 0.269 e. The summed E-state index contributed by atoms with van der Waals surface area (Å²) in [6.07, 6.45) is 6.00. The number of amides is 2. The van der Waals surface area contributed by atoms with E-state index in [9.17, 15) is 19.7 Å². The molecule has 2 amide bonds. The van der Waals surface area contributed by atoms with E-state index in [1.807, 2.05) is 13.8 Å². The van der Waals surface area contributed by atoms with Gasteiger partial charge in [0.1, 0.15) is 0 Å². The molecule has 2 aliphatic rings. The number of piperidine rings is 1. The second-order valence-corrected chi connectivity index (χ2v) is 8.27. The Bertz CT molecular complexity index is 903. The smallest absolute Gasteiger partial charge is 0.269 e. The Labute approximate surface area is 188 Å². The summed E-state index contributed by atoms with van der Waals surface area (Å²) >= 11 is 0. The predicted molar refractivity (Wildman–Crippen MR) is 121 cm³/mol. The number of carbonyl (C=O) groups is 2. The van der Waals surface area contributed by atoms with Crippen LogP contribution in [-0.4, -0.2) is 53.7 Å². The van der Waals surface area contributed by atoms with Crippen molar-refractivity contribution in [3.8, 4) is 0 Å². The van der Waals surface area contributed by atoms with Gasteiger partial charge in [-0.25, -0.2) is 0 Å². The zero-order chi connectivity index (χ0) is 23.1. The molecule has 0 aromatic heterocycles. The second kappa shape index (κ2) is 10.9. The number of allylic oxidation sites excluding steroid dienone is 2. The molecule has 1 unspecified atom stereocenters. The molecule has 2 aliphatic heterocycles. The Morgan fingerprint density at radius 3 is 2.44 bits per heavy atom. The molecular formula is C23H31N5O4. The molecular weight excluding hydrogens is 410 g/mol. The van der Waals surface area contributed by atoms with Crippen molar-refractivity contribution in [2.45, 2.75) is 45.4 Å². The van der Waals surface area contributed by atoms with E-state index >= 15 is 0 Å². The number of carbonyl (C=O) groups excluding carboxylic acids is 2. The Kier molecular flexibility index (Phi) is 7.99. The maximum atomic E-state index is 12.2. The van der Waals surface area contributed by atoms with Crippen molar-refractivity contribution in [3.63, 3.8) is 0 Å². The Morgan fingerprint density at radius 2 is 1.84 bits per heavy atom. The molecule has 1 atom stereocenters. The fourth-order valence-corrected chi connectivity index (χ4v) is 4.61. The first-order valence-electron chi connectivity index (χ1n) is 11.0. The number of nitro benzene ring substituents is 1. The first-order chi connectivity index (χ1) is 15.5. The predicted octanol–water partition coefficient (Wildman–Crippen LogP) is 2.83. The average molecular weight is 442 g/mol. The van der Waals surface area contributed by atoms with Crippen LogP contribution >= 0.6 is 0 Å². The minimum absolute atomic E-state index is 0.00990. The second-order valence-electron chi connectivity index (χ2n) is 8.27. The lowest BCUT2D eigenvalue weighted by molar-refractivity contribution is -0.384. The third-order valence-electron chi connectivity index (χ3n) is 6.14. The number of hydrogen-bond acceptors (Lipinski definition) is 6. The molecule has 0 radical (unpaired) electrons. The van der Waals surface area contributed by atoms with Crippen LogP contribution < -0.4 is 10.6 Å². The first kappa shape index (κ1) is 23.5. The van der Waals surface area contributed by atoms with Crippen molar-refractivity contribution in [1.82, 2.24) is 20.4 Å². The van der Waals surface area contributed by atoms with Crippen LogP contribution in [0.1, 0.15) is 51.0 Å². The van der Waals surface area contributed by atoms with Gasteiger partial charge in [-0.05, 0) is 58.3 Å². The molecule has 0 aliphatic carbocycles. The third kappa shape index (κ3) is 5.34. The van der Waals surface area contributed by atoms with E-state index in [1.54, 1.807) is 17.0 Å². The minimum Gasteiger partial charge on any atom is -0.360 e. The number of nitrogens with zero attached hydrogens (tertiary/aromatic N) is 3. The highest BCUT2D eigenvalue weighted by Gasteiger charge is 2.32. The summed E-state index contributed by atoms with van der Waals surface area (Å²) in [4.78, 5) is 38.3. The van der Waals surface area contributed by atoms with Crippen LogP contribution in [0.15, 0.2) is 47.1 Å². The molecule has 0 saturated carbocycles. The molecule has 9 heteroatoms. The van der Waals surface area contributed by atoms with E-state index in [4.69, 9.17) is 0 Å². The molecule has 3 rings (SSSR count). The zero-order valence-electron chi connectivity index (χ0n) is 18.7. The highest BCUT2D eigenvalue weighted by Crippen LogP contribution is 2.38. The van der Waals surface area contributed by atoms with E-state index in [1.165, 1.54) is 31.4 Å². The number of non-ortho nitro benzene ring substituents is 1. The number of hydrogen-bond donors (Lipinski definition) is 2. The van der Waals surface area contributed by atoms with Crippen LogP contribution in [0.2, 0.25) is 0 Å². The van der Waals surface area contributed by atoms with Gasteiger partial charge in [0.15, 0.2) is 0 Å². The van der Waals surface area contributed by atoms with Gasteiger partial charge in [0.05, 0.1) is 22.2 Å². The van der Waals surface area contributed by atoms with E-state index < -0.39 is 10.8 Å². The number of nitrogens with one attached hydrogen (secondary N) is 2. The molecule has 32 heavy (non-hydrogen) atoms. The molecule has 9 nitrogen and oxygen atoms in total. The van der Waals surface area contributed by atoms with Crippen molar-refractivity contribution in [3.05, 3.63) is 62.7 Å². The summed E-state index contributed by atoms with van der Waals surface area (Å²) in [5.41, 5.74) is 3.69. The van der Waals surface area contributed by atoms with E-state index in [0.717, 1.165) is 55.1 Å². The molecule has 0 spiro atoms. The topological polar surface area (TPSA) is 108 Å². The third-order valence-corrected chi connectivity index (χ3v) is 6.14. The maximum absolute atomic E-state index is 12.2. The Hall–Kier alpha value is -3.20. The number of likely N-dealkylation sites (tertiary alicyclic amines) is 1. The lowest BCUT2D eigenvalue weighted by atomic mass is 9.87. The minimum atomic E-state index is -0.446. The summed E-state index contributed by atoms with van der Waals surface area (Å²) in [6.45, 7) is 7.43. The van der Waals surface area contributed by atoms with Crippen LogP contribution in [0.4, 0.5) is 5.69 Å². The normalized spacial score (nSPS) is 19.4. The summed E-state index contributed by atoms with van der Waals surface area (Å²) < 4.78 is 0. The van der Waals surface area contributed by atoms with Crippen LogP contribution in [0.3, 0.4) is 0 Å². The van der Waals surface area contributed by atoms with Crippen molar-refractivity contribution < 1.29 is 14.5 Å². The molecule has 2 heterocycles. The van der Waals surface area contributed by atoms with Gasteiger partial charge in [0.2, 0.25) is 12.8 Å². The van der Waals surface area contributed by atoms with Gasteiger partial charge < -0.3 is 20.4 Å². The van der Waals surface area contributed by atoms with Crippen molar-refractivity contribution >= 4 is 18.5 Å². The van der Waals surface area contributed by atoms with Gasteiger partial charge in [-0.15, -0.1) is 0 Å². The molecule has 1 aromatic rings. The summed E-state index contributed by atoms with van der Waals surface area (Å²) in [5, 5.41) is 17.1. The van der Waals surface area contributed by atoms with Gasteiger partial charge in [-0.2, -0.15) is 0 Å². The van der Waals surface area contributed by atoms with E-state index in [-0.39, 0.29) is 5.69 Å². The lowest BCUT2D eigenvalue weighted by Gasteiger charge is -2.36. The van der Waals surface area contributed by atoms with E-state index in [2.05, 4.69) is 15.5 Å². The van der Waals surface area contributed by atoms with Crippen LogP contribution in [0.25, 0.3) is 0 Å². The number of rotatable bonds is 10. The first-order valence-corrected chi connectivity index (χ1v) is 11.0. The Morgan fingerprint density at radius 1 is 1.16 bits per heavy atom. The summed E-state index contributed by atoms with van der Waals surface area (Å²) in [7, 11) is 0. The van der Waals surface area contributed by atoms with Crippen LogP contribution in [-0.2, 0) is 9.59 Å². The molecule has 1 aromatic carbocycles. The van der Waals surface area contributed by atoms with Gasteiger partial charge in [0, 0.05) is 30.1 Å². The quantitative estimate of drug-likeness (QED) is 0.328. The van der Waals surface area contributed by atoms with Gasteiger partial charge >= 0.3 is 0 Å². The number of benzene rings is 1. The van der Waals surface area contributed by atoms with Gasteiger partial charge in [0.25, 0.3) is 5.69 Å². The molecule has 2 N–H and O–H groups in total. The average Bonchev–Trinajstić information content (AvgIpc) is 2.79. The van der Waals surface area contributed by atoms with Crippen molar-refractivity contribution in [2.24, 2.45) is 0 Å². The molecule has 0 bridgehead atoms. The van der Waals surface area contributed by atoms with Crippen molar-refractivity contribution in [1.29, 1.82) is 0 Å². The highest BCUT2D eigenvalue weighted by atomic mass is 16.6. The lowest BCUT2D eigenvalue weighted by Crippen LogP contribution is -2.39. The summed E-state index contributed by atoms with van der Waals surface area (Å²) in [6, 6.07) is 6.25. The van der Waals surface area contributed by atoms with E-state index in [0.29, 0.717) is 18.7 Å². The fraction of sp³-hybridized carbons (Fsp3) is 0.478. The van der Waals surface area contributed by atoms with Gasteiger partial charge in [-0.3, -0.25) is 19.7 Å². The monoisotopic (exact) mass is 441 g/mol. The molecule has 172 valence electrons.